The molecule has 2 heterocycles. The van der Waals surface area contributed by atoms with E-state index in [2.05, 4.69) is 36.3 Å². The number of rotatable bonds is 3. The van der Waals surface area contributed by atoms with Gasteiger partial charge in [-0.15, -0.1) is 0 Å². The second-order valence-corrected chi connectivity index (χ2v) is 6.87. The fourth-order valence-corrected chi connectivity index (χ4v) is 3.60. The van der Waals surface area contributed by atoms with E-state index in [1.165, 1.54) is 5.56 Å². The van der Waals surface area contributed by atoms with Crippen LogP contribution in [0.3, 0.4) is 0 Å². The third-order valence-corrected chi connectivity index (χ3v) is 5.14. The van der Waals surface area contributed by atoms with Gasteiger partial charge in [-0.2, -0.15) is 0 Å². The van der Waals surface area contributed by atoms with Crippen molar-refractivity contribution in [3.8, 4) is 0 Å². The lowest BCUT2D eigenvalue weighted by Crippen LogP contribution is -2.44. The number of nitrogens with zero attached hydrogens (tertiary/aromatic N) is 2. The Morgan fingerprint density at radius 3 is 2.65 bits per heavy atom. The van der Waals surface area contributed by atoms with Crippen molar-refractivity contribution >= 4 is 5.91 Å². The summed E-state index contributed by atoms with van der Waals surface area (Å²) in [4.78, 5) is 14.7. The minimum absolute atomic E-state index is 0.0136. The Hall–Kier alpha value is -2.10. The van der Waals surface area contributed by atoms with Gasteiger partial charge in [0.1, 0.15) is 5.76 Å². The third-order valence-electron chi connectivity index (χ3n) is 5.14. The Kier molecular flexibility index (Phi) is 3.68. The highest BCUT2D eigenvalue weighted by Gasteiger charge is 2.33. The zero-order valence-electron chi connectivity index (χ0n) is 13.4. The number of piperidine rings is 1. The molecule has 1 aromatic heterocycles. The SMILES string of the molecule is C[C@@H]1C[C@@H](c2ccccc2)CCN1C(=O)c1cc(C2CC2)on1. The number of likely N-dealkylation sites (tertiary alicyclic amines) is 1. The zero-order chi connectivity index (χ0) is 15.8. The maximum Gasteiger partial charge on any atom is 0.276 e. The number of carbonyl (C=O) groups is 1. The van der Waals surface area contributed by atoms with Crippen molar-refractivity contribution in [2.45, 2.75) is 50.5 Å². The molecule has 1 saturated heterocycles. The van der Waals surface area contributed by atoms with Gasteiger partial charge in [0.2, 0.25) is 0 Å². The quantitative estimate of drug-likeness (QED) is 0.862. The van der Waals surface area contributed by atoms with Gasteiger partial charge in [-0.1, -0.05) is 35.5 Å². The maximum atomic E-state index is 12.7. The van der Waals surface area contributed by atoms with Crippen molar-refractivity contribution in [3.05, 3.63) is 53.4 Å². The summed E-state index contributed by atoms with van der Waals surface area (Å²) in [6.07, 6.45) is 4.32. The van der Waals surface area contributed by atoms with Crippen LogP contribution < -0.4 is 0 Å². The van der Waals surface area contributed by atoms with Crippen molar-refractivity contribution in [2.75, 3.05) is 6.54 Å². The van der Waals surface area contributed by atoms with Gasteiger partial charge >= 0.3 is 0 Å². The summed E-state index contributed by atoms with van der Waals surface area (Å²) in [7, 11) is 0. The van der Waals surface area contributed by atoms with Gasteiger partial charge in [0.25, 0.3) is 5.91 Å². The molecule has 2 atom stereocenters. The molecular formula is C19H22N2O2. The van der Waals surface area contributed by atoms with Crippen molar-refractivity contribution in [1.82, 2.24) is 10.1 Å². The van der Waals surface area contributed by atoms with E-state index >= 15 is 0 Å². The van der Waals surface area contributed by atoms with Crippen molar-refractivity contribution < 1.29 is 9.32 Å². The highest BCUT2D eigenvalue weighted by Crippen LogP contribution is 2.40. The van der Waals surface area contributed by atoms with Gasteiger partial charge in [-0.3, -0.25) is 4.79 Å². The molecule has 0 spiro atoms. The molecule has 2 fully saturated rings. The first-order valence-electron chi connectivity index (χ1n) is 8.55. The van der Waals surface area contributed by atoms with Gasteiger partial charge in [0.05, 0.1) is 0 Å². The first-order chi connectivity index (χ1) is 11.2. The highest BCUT2D eigenvalue weighted by atomic mass is 16.5. The fraction of sp³-hybridized carbons (Fsp3) is 0.474. The predicted molar refractivity (Wildman–Crippen MR) is 87.4 cm³/mol. The van der Waals surface area contributed by atoms with Crippen molar-refractivity contribution in [1.29, 1.82) is 0 Å². The molecule has 0 unspecified atom stereocenters. The monoisotopic (exact) mass is 310 g/mol. The first-order valence-corrected chi connectivity index (χ1v) is 8.55. The normalized spacial score (nSPS) is 24.7. The van der Waals surface area contributed by atoms with E-state index in [-0.39, 0.29) is 11.9 Å². The van der Waals surface area contributed by atoms with E-state index in [1.807, 2.05) is 17.0 Å². The molecule has 1 aliphatic heterocycles. The Labute approximate surface area is 136 Å². The third kappa shape index (κ3) is 2.90. The number of hydrogen-bond donors (Lipinski definition) is 0. The number of amides is 1. The summed E-state index contributed by atoms with van der Waals surface area (Å²) in [6.45, 7) is 2.92. The van der Waals surface area contributed by atoms with E-state index in [4.69, 9.17) is 4.52 Å². The summed E-state index contributed by atoms with van der Waals surface area (Å²) in [5.41, 5.74) is 1.85. The Bertz CT molecular complexity index is 690. The molecule has 120 valence electrons. The number of benzene rings is 1. The molecule has 0 radical (unpaired) electrons. The molecule has 1 saturated carbocycles. The lowest BCUT2D eigenvalue weighted by Gasteiger charge is -2.37. The van der Waals surface area contributed by atoms with Crippen LogP contribution in [0.15, 0.2) is 40.9 Å². The number of aromatic nitrogens is 1. The Morgan fingerprint density at radius 2 is 1.96 bits per heavy atom. The molecule has 1 amide bonds. The summed E-state index contributed by atoms with van der Waals surface area (Å²) in [5.74, 6) is 1.92. The smallest absolute Gasteiger partial charge is 0.276 e. The summed E-state index contributed by atoms with van der Waals surface area (Å²) in [5, 5.41) is 4.00. The number of carbonyl (C=O) groups excluding carboxylic acids is 1. The average Bonchev–Trinajstić information content (AvgIpc) is 3.32. The predicted octanol–water partition coefficient (Wildman–Crippen LogP) is 3.96. The fourth-order valence-electron chi connectivity index (χ4n) is 3.60. The summed E-state index contributed by atoms with van der Waals surface area (Å²) < 4.78 is 5.33. The molecule has 0 bridgehead atoms. The maximum absolute atomic E-state index is 12.7. The molecular weight excluding hydrogens is 288 g/mol. The van der Waals surface area contributed by atoms with E-state index in [0.717, 1.165) is 38.0 Å². The van der Waals surface area contributed by atoms with Gasteiger partial charge in [0, 0.05) is 24.6 Å². The molecule has 4 nitrogen and oxygen atoms in total. The molecule has 4 rings (SSSR count). The second-order valence-electron chi connectivity index (χ2n) is 6.87. The van der Waals surface area contributed by atoms with Gasteiger partial charge in [-0.05, 0) is 44.1 Å². The van der Waals surface area contributed by atoms with Crippen LogP contribution in [0.1, 0.15) is 66.3 Å². The first kappa shape index (κ1) is 14.5. The summed E-state index contributed by atoms with van der Waals surface area (Å²) in [6, 6.07) is 12.7. The zero-order valence-corrected chi connectivity index (χ0v) is 13.4. The molecule has 2 aliphatic rings. The summed E-state index contributed by atoms with van der Waals surface area (Å²) >= 11 is 0. The van der Waals surface area contributed by atoms with Crippen LogP contribution in [0.5, 0.6) is 0 Å². The molecule has 1 aromatic carbocycles. The van der Waals surface area contributed by atoms with Gasteiger partial charge < -0.3 is 9.42 Å². The highest BCUT2D eigenvalue weighted by molar-refractivity contribution is 5.92. The minimum Gasteiger partial charge on any atom is -0.360 e. The molecule has 1 aliphatic carbocycles. The van der Waals surface area contributed by atoms with Crippen molar-refractivity contribution in [3.63, 3.8) is 0 Å². The van der Waals surface area contributed by atoms with Crippen LogP contribution in [0.25, 0.3) is 0 Å². The van der Waals surface area contributed by atoms with E-state index < -0.39 is 0 Å². The topological polar surface area (TPSA) is 46.3 Å². The molecule has 0 N–H and O–H groups in total. The lowest BCUT2D eigenvalue weighted by atomic mass is 9.86. The lowest BCUT2D eigenvalue weighted by molar-refractivity contribution is 0.0605. The van der Waals surface area contributed by atoms with E-state index in [0.29, 0.717) is 17.5 Å². The van der Waals surface area contributed by atoms with Crippen LogP contribution in [0, 0.1) is 0 Å². The van der Waals surface area contributed by atoms with Crippen LogP contribution in [0.2, 0.25) is 0 Å². The largest absolute Gasteiger partial charge is 0.360 e. The Balaban J connectivity index is 1.44. The molecule has 23 heavy (non-hydrogen) atoms. The number of hydrogen-bond acceptors (Lipinski definition) is 3. The van der Waals surface area contributed by atoms with E-state index in [1.54, 1.807) is 0 Å². The Morgan fingerprint density at radius 1 is 1.17 bits per heavy atom. The van der Waals surface area contributed by atoms with Crippen LogP contribution in [-0.2, 0) is 0 Å². The van der Waals surface area contributed by atoms with E-state index in [9.17, 15) is 4.79 Å². The second kappa shape index (κ2) is 5.84. The van der Waals surface area contributed by atoms with Gasteiger partial charge in [0.15, 0.2) is 5.69 Å². The van der Waals surface area contributed by atoms with Crippen LogP contribution in [-0.4, -0.2) is 28.6 Å². The molecule has 4 heteroatoms. The standard InChI is InChI=1S/C19H22N2O2/c1-13-11-16(14-5-3-2-4-6-14)9-10-21(13)19(22)17-12-18(23-20-17)15-7-8-15/h2-6,12-13,15-16H,7-11H2,1H3/t13-,16+/m1/s1. The minimum atomic E-state index is 0.0136. The van der Waals surface area contributed by atoms with Crippen LogP contribution in [0.4, 0.5) is 0 Å². The van der Waals surface area contributed by atoms with Crippen molar-refractivity contribution in [2.24, 2.45) is 0 Å². The molecule has 2 aromatic rings. The average molecular weight is 310 g/mol. The van der Waals surface area contributed by atoms with Crippen LogP contribution >= 0.6 is 0 Å². The van der Waals surface area contributed by atoms with Gasteiger partial charge in [-0.25, -0.2) is 0 Å².